The number of para-hydroxylation sites is 1. The van der Waals surface area contributed by atoms with Gasteiger partial charge in [-0.1, -0.05) is 18.2 Å². The second-order valence-corrected chi connectivity index (χ2v) is 4.82. The van der Waals surface area contributed by atoms with Gasteiger partial charge >= 0.3 is 0 Å². The molecule has 6 nitrogen and oxygen atoms in total. The summed E-state index contributed by atoms with van der Waals surface area (Å²) < 4.78 is 13.9. The van der Waals surface area contributed by atoms with E-state index in [1.807, 2.05) is 23.1 Å². The van der Waals surface area contributed by atoms with E-state index in [9.17, 15) is 4.39 Å². The first kappa shape index (κ1) is 13.6. The average Bonchev–Trinajstić information content (AvgIpc) is 2.56. The van der Waals surface area contributed by atoms with E-state index in [0.29, 0.717) is 18.9 Å². The lowest BCUT2D eigenvalue weighted by molar-refractivity contribution is 0.583. The van der Waals surface area contributed by atoms with Crippen molar-refractivity contribution in [2.45, 2.75) is 0 Å². The van der Waals surface area contributed by atoms with Crippen molar-refractivity contribution >= 4 is 17.5 Å². The van der Waals surface area contributed by atoms with Crippen LogP contribution in [0.3, 0.4) is 0 Å². The Morgan fingerprint density at radius 1 is 1.05 bits per heavy atom. The maximum Gasteiger partial charge on any atom is 0.239 e. The van der Waals surface area contributed by atoms with E-state index in [1.165, 1.54) is 5.69 Å². The molecular weight excluding hydrogens is 271 g/mol. The monoisotopic (exact) mass is 288 g/mol. The summed E-state index contributed by atoms with van der Waals surface area (Å²) >= 11 is 0. The highest BCUT2D eigenvalue weighted by Crippen LogP contribution is 2.21. The fourth-order valence-electron chi connectivity index (χ4n) is 2.46. The van der Waals surface area contributed by atoms with E-state index in [0.717, 1.165) is 19.3 Å². The van der Waals surface area contributed by atoms with Crippen molar-refractivity contribution < 1.29 is 4.39 Å². The number of anilines is 3. The molecule has 110 valence electrons. The molecule has 1 aromatic carbocycles. The van der Waals surface area contributed by atoms with Gasteiger partial charge in [-0.15, -0.1) is 0 Å². The molecule has 0 unspecified atom stereocenters. The van der Waals surface area contributed by atoms with Crippen LogP contribution in [0, 0.1) is 5.82 Å². The topological polar surface area (TPSA) is 70.3 Å². The van der Waals surface area contributed by atoms with Crippen LogP contribution in [0.4, 0.5) is 21.8 Å². The Morgan fingerprint density at radius 3 is 2.38 bits per heavy atom. The molecule has 0 spiro atoms. The third kappa shape index (κ3) is 2.87. The molecule has 2 aromatic rings. The van der Waals surface area contributed by atoms with Gasteiger partial charge in [0.1, 0.15) is 0 Å². The normalized spacial score (nSPS) is 15.1. The third-order valence-corrected chi connectivity index (χ3v) is 3.56. The van der Waals surface area contributed by atoms with Crippen LogP contribution in [-0.2, 0) is 0 Å². The van der Waals surface area contributed by atoms with Crippen molar-refractivity contribution in [3.05, 3.63) is 42.3 Å². The Bertz CT molecular complexity index is 598. The van der Waals surface area contributed by atoms with E-state index in [-0.39, 0.29) is 5.95 Å². The van der Waals surface area contributed by atoms with Gasteiger partial charge in [-0.2, -0.15) is 4.98 Å². The van der Waals surface area contributed by atoms with E-state index < -0.39 is 5.82 Å². The van der Waals surface area contributed by atoms with Gasteiger partial charge in [0.15, 0.2) is 11.6 Å². The number of hydrogen-bond acceptors (Lipinski definition) is 6. The second-order valence-electron chi connectivity index (χ2n) is 4.82. The van der Waals surface area contributed by atoms with Crippen LogP contribution in [0.25, 0.3) is 0 Å². The molecule has 2 heterocycles. The standard InChI is InChI=1S/C14H17FN6/c15-12-10-17-14(19-16)18-13(12)21-8-6-20(7-9-21)11-4-2-1-3-5-11/h1-5,10H,6-9,16H2,(H,17,18,19). The van der Waals surface area contributed by atoms with Crippen molar-refractivity contribution in [2.24, 2.45) is 5.84 Å². The number of aromatic nitrogens is 2. The van der Waals surface area contributed by atoms with Crippen LogP contribution < -0.4 is 21.1 Å². The molecule has 0 amide bonds. The summed E-state index contributed by atoms with van der Waals surface area (Å²) in [7, 11) is 0. The van der Waals surface area contributed by atoms with Crippen molar-refractivity contribution in [1.82, 2.24) is 9.97 Å². The van der Waals surface area contributed by atoms with Crippen LogP contribution in [-0.4, -0.2) is 36.1 Å². The van der Waals surface area contributed by atoms with Crippen molar-refractivity contribution in [2.75, 3.05) is 41.4 Å². The Kier molecular flexibility index (Phi) is 3.83. The number of nitrogen functional groups attached to an aromatic ring is 1. The van der Waals surface area contributed by atoms with Crippen molar-refractivity contribution in [3.8, 4) is 0 Å². The Balaban J connectivity index is 1.71. The number of nitrogens with zero attached hydrogens (tertiary/aromatic N) is 4. The molecule has 3 rings (SSSR count). The van der Waals surface area contributed by atoms with Crippen LogP contribution in [0.2, 0.25) is 0 Å². The highest BCUT2D eigenvalue weighted by atomic mass is 19.1. The zero-order valence-corrected chi connectivity index (χ0v) is 11.5. The molecule has 3 N–H and O–H groups in total. The zero-order chi connectivity index (χ0) is 14.7. The molecule has 0 radical (unpaired) electrons. The second kappa shape index (κ2) is 5.92. The maximum absolute atomic E-state index is 13.9. The zero-order valence-electron chi connectivity index (χ0n) is 11.5. The van der Waals surface area contributed by atoms with Gasteiger partial charge in [0.05, 0.1) is 6.20 Å². The number of hydrazine groups is 1. The third-order valence-electron chi connectivity index (χ3n) is 3.56. The predicted molar refractivity (Wildman–Crippen MR) is 80.7 cm³/mol. The maximum atomic E-state index is 13.9. The minimum Gasteiger partial charge on any atom is -0.368 e. The van der Waals surface area contributed by atoms with Gasteiger partial charge in [0.25, 0.3) is 0 Å². The van der Waals surface area contributed by atoms with Gasteiger partial charge in [-0.3, -0.25) is 5.43 Å². The minimum atomic E-state index is -0.429. The molecule has 1 fully saturated rings. The molecule has 1 aliphatic rings. The number of benzene rings is 1. The largest absolute Gasteiger partial charge is 0.368 e. The van der Waals surface area contributed by atoms with Gasteiger partial charge in [-0.25, -0.2) is 15.2 Å². The van der Waals surface area contributed by atoms with Gasteiger partial charge in [0, 0.05) is 31.9 Å². The first-order valence-electron chi connectivity index (χ1n) is 6.82. The van der Waals surface area contributed by atoms with Crippen LogP contribution in [0.5, 0.6) is 0 Å². The van der Waals surface area contributed by atoms with E-state index >= 15 is 0 Å². The summed E-state index contributed by atoms with van der Waals surface area (Å²) in [5.41, 5.74) is 3.53. The molecule has 1 aromatic heterocycles. The highest BCUT2D eigenvalue weighted by Gasteiger charge is 2.21. The molecule has 0 saturated carbocycles. The van der Waals surface area contributed by atoms with Gasteiger partial charge < -0.3 is 9.80 Å². The van der Waals surface area contributed by atoms with Crippen molar-refractivity contribution in [3.63, 3.8) is 0 Å². The SMILES string of the molecule is NNc1ncc(F)c(N2CCN(c3ccccc3)CC2)n1. The number of nitrogens with one attached hydrogen (secondary N) is 1. The summed E-state index contributed by atoms with van der Waals surface area (Å²) in [6.45, 7) is 3.04. The Morgan fingerprint density at radius 2 is 1.71 bits per heavy atom. The quantitative estimate of drug-likeness (QED) is 0.654. The van der Waals surface area contributed by atoms with E-state index in [1.54, 1.807) is 0 Å². The van der Waals surface area contributed by atoms with Gasteiger partial charge in [-0.05, 0) is 12.1 Å². The fourth-order valence-corrected chi connectivity index (χ4v) is 2.46. The van der Waals surface area contributed by atoms with E-state index in [2.05, 4.69) is 32.4 Å². The number of nitrogens with two attached hydrogens (primary N) is 1. The number of hydrogen-bond donors (Lipinski definition) is 2. The number of halogens is 1. The van der Waals surface area contributed by atoms with Gasteiger partial charge in [0.2, 0.25) is 5.95 Å². The van der Waals surface area contributed by atoms with E-state index in [4.69, 9.17) is 5.84 Å². The first-order valence-corrected chi connectivity index (χ1v) is 6.82. The Hall–Kier alpha value is -2.41. The summed E-state index contributed by atoms with van der Waals surface area (Å²) in [6, 6.07) is 10.2. The first-order chi connectivity index (χ1) is 10.3. The Labute approximate surface area is 122 Å². The summed E-state index contributed by atoms with van der Waals surface area (Å²) in [5.74, 6) is 5.36. The fraction of sp³-hybridized carbons (Fsp3) is 0.286. The molecule has 0 aliphatic carbocycles. The molecule has 21 heavy (non-hydrogen) atoms. The predicted octanol–water partition coefficient (Wildman–Crippen LogP) is 1.23. The smallest absolute Gasteiger partial charge is 0.239 e. The van der Waals surface area contributed by atoms with Crippen LogP contribution >= 0.6 is 0 Å². The van der Waals surface area contributed by atoms with Crippen molar-refractivity contribution in [1.29, 1.82) is 0 Å². The molecule has 1 aliphatic heterocycles. The highest BCUT2D eigenvalue weighted by molar-refractivity contribution is 5.50. The lowest BCUT2D eigenvalue weighted by Crippen LogP contribution is -2.47. The number of rotatable bonds is 3. The van der Waals surface area contributed by atoms with Crippen LogP contribution in [0.1, 0.15) is 0 Å². The van der Waals surface area contributed by atoms with Crippen LogP contribution in [0.15, 0.2) is 36.5 Å². The number of piperazine rings is 1. The lowest BCUT2D eigenvalue weighted by Gasteiger charge is -2.36. The summed E-state index contributed by atoms with van der Waals surface area (Å²) in [6.07, 6.45) is 1.14. The summed E-state index contributed by atoms with van der Waals surface area (Å²) in [4.78, 5) is 12.0. The molecule has 7 heteroatoms. The minimum absolute atomic E-state index is 0.219. The molecule has 0 atom stereocenters. The lowest BCUT2D eigenvalue weighted by atomic mass is 10.2. The molecule has 1 saturated heterocycles. The molecular formula is C14H17FN6. The summed E-state index contributed by atoms with van der Waals surface area (Å²) in [5, 5.41) is 0. The molecule has 0 bridgehead atoms. The average molecular weight is 288 g/mol.